The zero-order valence-electron chi connectivity index (χ0n) is 11.5. The number of fused-ring (bicyclic) bond motifs is 1. The Bertz CT molecular complexity index is 835. The molecule has 0 saturated heterocycles. The topological polar surface area (TPSA) is 59.7 Å². The maximum atomic E-state index is 12.4. The summed E-state index contributed by atoms with van der Waals surface area (Å²) >= 11 is 0. The lowest BCUT2D eigenvalue weighted by molar-refractivity contribution is 0.341. The molecule has 2 aromatic carbocycles. The Balaban J connectivity index is 2.28. The van der Waals surface area contributed by atoms with Gasteiger partial charge in [0.15, 0.2) is 5.43 Å². The molecule has 21 heavy (non-hydrogen) atoms. The molecule has 1 aromatic heterocycles. The maximum absolute atomic E-state index is 12.4. The second-order valence-corrected chi connectivity index (χ2v) is 4.59. The number of aromatic hydroxyl groups is 1. The van der Waals surface area contributed by atoms with Crippen LogP contribution >= 0.6 is 0 Å². The van der Waals surface area contributed by atoms with Gasteiger partial charge in [-0.3, -0.25) is 4.79 Å². The molecule has 3 aromatic rings. The van der Waals surface area contributed by atoms with Crippen LogP contribution in [0.2, 0.25) is 0 Å². The molecule has 0 bridgehead atoms. The summed E-state index contributed by atoms with van der Waals surface area (Å²) in [6.07, 6.45) is 0. The number of phenols is 1. The highest BCUT2D eigenvalue weighted by Gasteiger charge is 2.13. The van der Waals surface area contributed by atoms with E-state index in [1.807, 2.05) is 37.3 Å². The standard InChI is InChI=1S/C17H14O4/c1-2-20-15-8-12(18)9-16-17(15)13(19)10-14(21-16)11-6-4-3-5-7-11/h3-10,18H,2H2,1H3. The minimum absolute atomic E-state index is 0.000637. The van der Waals surface area contributed by atoms with Crippen LogP contribution in [0.4, 0.5) is 0 Å². The second-order valence-electron chi connectivity index (χ2n) is 4.59. The molecule has 0 aliphatic carbocycles. The molecule has 106 valence electrons. The van der Waals surface area contributed by atoms with Crippen LogP contribution in [0.25, 0.3) is 22.3 Å². The molecule has 0 aliphatic heterocycles. The molecule has 0 spiro atoms. The van der Waals surface area contributed by atoms with E-state index in [-0.39, 0.29) is 11.2 Å². The van der Waals surface area contributed by atoms with Crippen molar-refractivity contribution in [1.82, 2.24) is 0 Å². The lowest BCUT2D eigenvalue weighted by atomic mass is 10.1. The molecular weight excluding hydrogens is 268 g/mol. The van der Waals surface area contributed by atoms with Crippen LogP contribution in [0.5, 0.6) is 11.5 Å². The SMILES string of the molecule is CCOc1cc(O)cc2oc(-c3ccccc3)cc(=O)c12. The Morgan fingerprint density at radius 3 is 2.62 bits per heavy atom. The zero-order valence-corrected chi connectivity index (χ0v) is 11.5. The van der Waals surface area contributed by atoms with Gasteiger partial charge in [0.05, 0.1) is 6.61 Å². The van der Waals surface area contributed by atoms with Crippen molar-refractivity contribution in [3.05, 3.63) is 58.8 Å². The first-order valence-corrected chi connectivity index (χ1v) is 6.68. The minimum Gasteiger partial charge on any atom is -0.508 e. The molecule has 0 unspecified atom stereocenters. The Labute approximate surface area is 121 Å². The predicted octanol–water partition coefficient (Wildman–Crippen LogP) is 3.56. The van der Waals surface area contributed by atoms with Crippen LogP contribution in [-0.2, 0) is 0 Å². The van der Waals surface area contributed by atoms with Crippen molar-refractivity contribution in [2.75, 3.05) is 6.61 Å². The van der Waals surface area contributed by atoms with Gasteiger partial charge in [-0.25, -0.2) is 0 Å². The smallest absolute Gasteiger partial charge is 0.197 e. The molecule has 1 heterocycles. The molecule has 0 radical (unpaired) electrons. The average Bonchev–Trinajstić information content (AvgIpc) is 2.47. The van der Waals surface area contributed by atoms with E-state index in [9.17, 15) is 9.90 Å². The van der Waals surface area contributed by atoms with Gasteiger partial charge in [-0.1, -0.05) is 30.3 Å². The summed E-state index contributed by atoms with van der Waals surface area (Å²) in [6, 6.07) is 13.6. The van der Waals surface area contributed by atoms with Gasteiger partial charge in [0.25, 0.3) is 0 Å². The van der Waals surface area contributed by atoms with Crippen molar-refractivity contribution >= 4 is 11.0 Å². The minimum atomic E-state index is -0.196. The summed E-state index contributed by atoms with van der Waals surface area (Å²) in [5.74, 6) is 0.793. The summed E-state index contributed by atoms with van der Waals surface area (Å²) in [5, 5.41) is 10.1. The molecule has 0 aliphatic rings. The fraction of sp³-hybridized carbons (Fsp3) is 0.118. The summed E-state index contributed by atoms with van der Waals surface area (Å²) < 4.78 is 11.2. The Hall–Kier alpha value is -2.75. The fourth-order valence-electron chi connectivity index (χ4n) is 2.25. The summed E-state index contributed by atoms with van der Waals surface area (Å²) in [5.41, 5.74) is 0.918. The average molecular weight is 282 g/mol. The Kier molecular flexibility index (Phi) is 3.36. The van der Waals surface area contributed by atoms with E-state index in [2.05, 4.69) is 0 Å². The van der Waals surface area contributed by atoms with Crippen LogP contribution in [-0.4, -0.2) is 11.7 Å². The number of ether oxygens (including phenoxy) is 1. The van der Waals surface area contributed by atoms with Gasteiger partial charge >= 0.3 is 0 Å². The molecule has 1 N–H and O–H groups in total. The summed E-state index contributed by atoms with van der Waals surface area (Å²) in [4.78, 5) is 12.4. The highest BCUT2D eigenvalue weighted by atomic mass is 16.5. The highest BCUT2D eigenvalue weighted by molar-refractivity contribution is 5.86. The Morgan fingerprint density at radius 1 is 1.14 bits per heavy atom. The number of hydrogen-bond donors (Lipinski definition) is 1. The normalized spacial score (nSPS) is 10.7. The largest absolute Gasteiger partial charge is 0.508 e. The van der Waals surface area contributed by atoms with Crippen LogP contribution in [0, 0.1) is 0 Å². The van der Waals surface area contributed by atoms with Crippen LogP contribution in [0.1, 0.15) is 6.92 Å². The summed E-state index contributed by atoms with van der Waals surface area (Å²) in [7, 11) is 0. The van der Waals surface area contributed by atoms with Crippen LogP contribution in [0.3, 0.4) is 0 Å². The monoisotopic (exact) mass is 282 g/mol. The van der Waals surface area contributed by atoms with Gasteiger partial charge in [-0.15, -0.1) is 0 Å². The van der Waals surface area contributed by atoms with E-state index in [1.165, 1.54) is 18.2 Å². The predicted molar refractivity (Wildman–Crippen MR) is 80.8 cm³/mol. The number of rotatable bonds is 3. The molecular formula is C17H14O4. The first-order valence-electron chi connectivity index (χ1n) is 6.68. The van der Waals surface area contributed by atoms with Crippen molar-refractivity contribution in [3.8, 4) is 22.8 Å². The van der Waals surface area contributed by atoms with Crippen molar-refractivity contribution in [1.29, 1.82) is 0 Å². The molecule has 0 fully saturated rings. The lowest BCUT2D eigenvalue weighted by Gasteiger charge is -2.08. The Morgan fingerprint density at radius 2 is 1.90 bits per heavy atom. The summed E-state index contributed by atoms with van der Waals surface area (Å²) in [6.45, 7) is 2.22. The number of benzene rings is 2. The zero-order chi connectivity index (χ0) is 14.8. The van der Waals surface area contributed by atoms with E-state index < -0.39 is 0 Å². The molecule has 3 rings (SSSR count). The number of hydrogen-bond acceptors (Lipinski definition) is 4. The van der Waals surface area contributed by atoms with E-state index in [1.54, 1.807) is 0 Å². The van der Waals surface area contributed by atoms with Gasteiger partial charge in [-0.2, -0.15) is 0 Å². The third-order valence-electron chi connectivity index (χ3n) is 3.14. The van der Waals surface area contributed by atoms with E-state index in [0.717, 1.165) is 5.56 Å². The molecule has 0 amide bonds. The van der Waals surface area contributed by atoms with Crippen molar-refractivity contribution < 1.29 is 14.3 Å². The van der Waals surface area contributed by atoms with Gasteiger partial charge in [0.1, 0.15) is 28.2 Å². The molecule has 0 saturated carbocycles. The van der Waals surface area contributed by atoms with Gasteiger partial charge in [-0.05, 0) is 6.92 Å². The molecule has 0 atom stereocenters. The van der Waals surface area contributed by atoms with Crippen molar-refractivity contribution in [3.63, 3.8) is 0 Å². The van der Waals surface area contributed by atoms with Crippen molar-refractivity contribution in [2.45, 2.75) is 6.92 Å². The third-order valence-corrected chi connectivity index (χ3v) is 3.14. The van der Waals surface area contributed by atoms with E-state index in [4.69, 9.17) is 9.15 Å². The molecule has 4 heteroatoms. The van der Waals surface area contributed by atoms with Gasteiger partial charge in [0, 0.05) is 23.8 Å². The highest BCUT2D eigenvalue weighted by Crippen LogP contribution is 2.31. The number of phenolic OH excluding ortho intramolecular Hbond substituents is 1. The lowest BCUT2D eigenvalue weighted by Crippen LogP contribution is -2.04. The van der Waals surface area contributed by atoms with Crippen LogP contribution in [0.15, 0.2) is 57.7 Å². The van der Waals surface area contributed by atoms with E-state index >= 15 is 0 Å². The van der Waals surface area contributed by atoms with Gasteiger partial charge < -0.3 is 14.3 Å². The maximum Gasteiger partial charge on any atom is 0.197 e. The first-order chi connectivity index (χ1) is 10.2. The first kappa shape index (κ1) is 13.2. The quantitative estimate of drug-likeness (QED) is 0.798. The molecule has 4 nitrogen and oxygen atoms in total. The van der Waals surface area contributed by atoms with Crippen molar-refractivity contribution in [2.24, 2.45) is 0 Å². The van der Waals surface area contributed by atoms with E-state index in [0.29, 0.717) is 29.1 Å². The fourth-order valence-corrected chi connectivity index (χ4v) is 2.25. The van der Waals surface area contributed by atoms with Gasteiger partial charge in [0.2, 0.25) is 0 Å². The second kappa shape index (κ2) is 5.32. The van der Waals surface area contributed by atoms with Crippen LogP contribution < -0.4 is 10.2 Å². The third kappa shape index (κ3) is 2.48.